The van der Waals surface area contributed by atoms with Gasteiger partial charge in [-0.2, -0.15) is 0 Å². The quantitative estimate of drug-likeness (QED) is 0.197. The normalized spacial score (nSPS) is 28.0. The third-order valence-corrected chi connectivity index (χ3v) is 16.8. The molecule has 216 valence electrons. The molecule has 0 nitrogen and oxygen atoms in total. The van der Waals surface area contributed by atoms with E-state index < -0.39 is 0 Å². The van der Waals surface area contributed by atoms with Crippen molar-refractivity contribution in [1.29, 1.82) is 0 Å². The van der Waals surface area contributed by atoms with E-state index in [0.717, 1.165) is 35.0 Å². The Kier molecular flexibility index (Phi) is 9.22. The lowest BCUT2D eigenvalue weighted by molar-refractivity contribution is 0.183. The van der Waals surface area contributed by atoms with Crippen LogP contribution in [0.1, 0.15) is 64.2 Å². The molecular formula is C40H46P2. The summed E-state index contributed by atoms with van der Waals surface area (Å²) in [5.41, 5.74) is 1.64. The van der Waals surface area contributed by atoms with Crippen molar-refractivity contribution in [2.24, 2.45) is 23.7 Å². The molecule has 6 fully saturated rings. The maximum atomic E-state index is 2.44. The van der Waals surface area contributed by atoms with Crippen molar-refractivity contribution in [3.63, 3.8) is 0 Å². The first-order chi connectivity index (χ1) is 20.8. The van der Waals surface area contributed by atoms with Gasteiger partial charge in [-0.3, -0.25) is 0 Å². The Balaban J connectivity index is 1.19. The molecule has 10 rings (SSSR count). The van der Waals surface area contributed by atoms with E-state index in [0.29, 0.717) is 0 Å². The predicted octanol–water partition coefficient (Wildman–Crippen LogP) is 9.40. The largest absolute Gasteiger partial charge is 0.0622 e. The van der Waals surface area contributed by atoms with Gasteiger partial charge in [0.25, 0.3) is 0 Å². The molecule has 0 amide bonds. The van der Waals surface area contributed by atoms with E-state index in [-0.39, 0.29) is 15.8 Å². The van der Waals surface area contributed by atoms with E-state index in [9.17, 15) is 0 Å². The zero-order valence-electron chi connectivity index (χ0n) is 25.0. The maximum Gasteiger partial charge on any atom is -0.00978 e. The topological polar surface area (TPSA) is 0 Å². The van der Waals surface area contributed by atoms with Gasteiger partial charge in [0.15, 0.2) is 0 Å². The monoisotopic (exact) mass is 588 g/mol. The molecule has 4 aromatic rings. The third-order valence-electron chi connectivity index (χ3n) is 10.8. The van der Waals surface area contributed by atoms with Crippen molar-refractivity contribution in [2.45, 2.75) is 75.5 Å². The lowest BCUT2D eigenvalue weighted by Crippen LogP contribution is -2.38. The van der Waals surface area contributed by atoms with Gasteiger partial charge in [0.05, 0.1) is 0 Å². The van der Waals surface area contributed by atoms with Crippen LogP contribution in [-0.4, -0.2) is 11.3 Å². The Labute approximate surface area is 256 Å². The summed E-state index contributed by atoms with van der Waals surface area (Å²) in [6.07, 6.45) is 14.5. The van der Waals surface area contributed by atoms with E-state index in [1.165, 1.54) is 64.2 Å². The average molecular weight is 589 g/mol. The Hall–Kier alpha value is -2.26. The summed E-state index contributed by atoms with van der Waals surface area (Å²) >= 11 is 0. The minimum absolute atomic E-state index is 0.332. The van der Waals surface area contributed by atoms with E-state index in [1.54, 1.807) is 21.2 Å². The van der Waals surface area contributed by atoms with Gasteiger partial charge >= 0.3 is 0 Å². The van der Waals surface area contributed by atoms with E-state index in [2.05, 4.69) is 121 Å². The molecule has 42 heavy (non-hydrogen) atoms. The molecule has 6 aliphatic rings. The van der Waals surface area contributed by atoms with Crippen LogP contribution in [0.3, 0.4) is 0 Å². The summed E-state index contributed by atoms with van der Waals surface area (Å²) in [5, 5.41) is 6.39. The van der Waals surface area contributed by atoms with Crippen LogP contribution in [0.2, 0.25) is 0 Å². The third kappa shape index (κ3) is 6.33. The van der Waals surface area contributed by atoms with Crippen LogP contribution >= 0.6 is 15.8 Å². The van der Waals surface area contributed by atoms with E-state index >= 15 is 0 Å². The highest BCUT2D eigenvalue weighted by Crippen LogP contribution is 2.56. The van der Waals surface area contributed by atoms with Gasteiger partial charge in [0, 0.05) is 0 Å². The van der Waals surface area contributed by atoms with Gasteiger partial charge in [-0.1, -0.05) is 147 Å². The van der Waals surface area contributed by atoms with Crippen LogP contribution in [0.4, 0.5) is 0 Å². The Morgan fingerprint density at radius 3 is 0.857 bits per heavy atom. The zero-order chi connectivity index (χ0) is 28.1. The number of benzene rings is 4. The Bertz CT molecular complexity index is 1180. The lowest BCUT2D eigenvalue weighted by Gasteiger charge is -2.46. The van der Waals surface area contributed by atoms with E-state index in [4.69, 9.17) is 0 Å². The fourth-order valence-corrected chi connectivity index (χ4v) is 15.3. The highest BCUT2D eigenvalue weighted by molar-refractivity contribution is 7.74. The van der Waals surface area contributed by atoms with Crippen LogP contribution in [-0.2, 0) is 0 Å². The summed E-state index contributed by atoms with van der Waals surface area (Å²) in [7, 11) is -0.665. The van der Waals surface area contributed by atoms with Crippen molar-refractivity contribution < 1.29 is 0 Å². The van der Waals surface area contributed by atoms with Gasteiger partial charge in [0.1, 0.15) is 0 Å². The van der Waals surface area contributed by atoms with Gasteiger partial charge < -0.3 is 0 Å². The predicted molar refractivity (Wildman–Crippen MR) is 186 cm³/mol. The van der Waals surface area contributed by atoms with Gasteiger partial charge in [-0.25, -0.2) is 0 Å². The maximum absolute atomic E-state index is 2.44. The van der Waals surface area contributed by atoms with Crippen LogP contribution < -0.4 is 21.2 Å². The van der Waals surface area contributed by atoms with Crippen molar-refractivity contribution in [3.05, 3.63) is 121 Å². The van der Waals surface area contributed by atoms with Gasteiger partial charge in [-0.05, 0) is 111 Å². The number of hydrogen-bond acceptors (Lipinski definition) is 0. The van der Waals surface area contributed by atoms with Crippen LogP contribution in [0.15, 0.2) is 121 Å². The van der Waals surface area contributed by atoms with Crippen molar-refractivity contribution in [2.75, 3.05) is 0 Å². The molecule has 0 radical (unpaired) electrons. The minimum Gasteiger partial charge on any atom is -0.0622 e. The molecule has 0 aliphatic heterocycles. The summed E-state index contributed by atoms with van der Waals surface area (Å²) in [4.78, 5) is 0. The van der Waals surface area contributed by atoms with Gasteiger partial charge in [0.2, 0.25) is 0 Å². The first-order valence-corrected chi connectivity index (χ1v) is 19.4. The SMILES string of the molecule is c1ccc(P(c2ccccc2)[C@@H]2C[C@H]3CC[C@@H]2CC[C@H]2CC[C@@H](CC3)[C@@H](P(c3ccccc3)c3ccccc3)C2)cc1. The van der Waals surface area contributed by atoms with Crippen molar-refractivity contribution >= 4 is 37.1 Å². The van der Waals surface area contributed by atoms with Crippen LogP contribution in [0.5, 0.6) is 0 Å². The zero-order valence-corrected chi connectivity index (χ0v) is 26.8. The first kappa shape index (κ1) is 28.5. The molecule has 6 saturated carbocycles. The van der Waals surface area contributed by atoms with Crippen LogP contribution in [0, 0.1) is 23.7 Å². The lowest BCUT2D eigenvalue weighted by atomic mass is 9.70. The molecule has 0 spiro atoms. The minimum atomic E-state index is -0.332. The van der Waals surface area contributed by atoms with Crippen molar-refractivity contribution in [1.82, 2.24) is 0 Å². The molecule has 6 atom stereocenters. The molecule has 4 bridgehead atoms. The fraction of sp³-hybridized carbons (Fsp3) is 0.400. The first-order valence-electron chi connectivity index (χ1n) is 16.6. The molecule has 6 aliphatic carbocycles. The Morgan fingerprint density at radius 1 is 0.333 bits per heavy atom. The molecule has 0 saturated heterocycles. The smallest absolute Gasteiger partial charge is 0.00978 e. The summed E-state index contributed by atoms with van der Waals surface area (Å²) < 4.78 is 0. The standard InChI is InChI=1S/C40H46P2/c1-5-13-35(14-6-1)41(36-15-7-2-8-16-36)39-29-31-21-25-33(39)27-23-32-22-26-34(28-24-31)40(30-32)42(37-17-9-3-10-18-37)38-19-11-4-12-20-38/h1-20,31-34,39-40H,21-30H2/t31-,32+,33+,34-,39+,40-. The second-order valence-corrected chi connectivity index (χ2v) is 18.1. The van der Waals surface area contributed by atoms with Crippen molar-refractivity contribution in [3.8, 4) is 0 Å². The molecule has 0 aromatic heterocycles. The summed E-state index contributed by atoms with van der Waals surface area (Å²) in [5.74, 6) is 3.52. The summed E-state index contributed by atoms with van der Waals surface area (Å²) in [6.45, 7) is 0. The second-order valence-electron chi connectivity index (χ2n) is 13.2. The summed E-state index contributed by atoms with van der Waals surface area (Å²) in [6, 6.07) is 46.5. The van der Waals surface area contributed by atoms with Crippen LogP contribution in [0.25, 0.3) is 0 Å². The van der Waals surface area contributed by atoms with E-state index in [1.807, 2.05) is 0 Å². The fourth-order valence-electron chi connectivity index (χ4n) is 8.74. The van der Waals surface area contributed by atoms with Gasteiger partial charge in [-0.15, -0.1) is 0 Å². The molecule has 0 N–H and O–H groups in total. The molecule has 0 unspecified atom stereocenters. The molecular weight excluding hydrogens is 542 g/mol. The highest BCUT2D eigenvalue weighted by atomic mass is 31.1. The number of rotatable bonds is 6. The number of hydrogen-bond donors (Lipinski definition) is 0. The highest BCUT2D eigenvalue weighted by Gasteiger charge is 2.41. The molecule has 0 heterocycles. The Morgan fingerprint density at radius 2 is 0.595 bits per heavy atom. The second kappa shape index (κ2) is 13.6. The molecule has 2 heteroatoms. The average Bonchev–Trinajstić information content (AvgIpc) is 3.05. The molecule has 4 aromatic carbocycles.